The molecule has 0 bridgehead atoms. The molecule has 136 valence electrons. The summed E-state index contributed by atoms with van der Waals surface area (Å²) in [4.78, 5) is 11.1. The number of aliphatic imine (C=N–C) groups is 2. The van der Waals surface area contributed by atoms with Crippen LogP contribution < -0.4 is 22.9 Å². The van der Waals surface area contributed by atoms with E-state index in [-0.39, 0.29) is 17.7 Å². The molecule has 0 amide bonds. The van der Waals surface area contributed by atoms with Crippen LogP contribution >= 0.6 is 0 Å². The van der Waals surface area contributed by atoms with Crippen molar-refractivity contribution in [3.05, 3.63) is 24.6 Å². The van der Waals surface area contributed by atoms with Crippen LogP contribution in [0.15, 0.2) is 34.5 Å². The van der Waals surface area contributed by atoms with Crippen LogP contribution in [0.1, 0.15) is 25.7 Å². The van der Waals surface area contributed by atoms with Crippen LogP contribution in [-0.2, 0) is 0 Å². The highest BCUT2D eigenvalue weighted by Crippen LogP contribution is 2.00. The molecule has 9 heteroatoms. The predicted octanol–water partition coefficient (Wildman–Crippen LogP) is -0.0806. The fourth-order valence-corrected chi connectivity index (χ4v) is 1.79. The van der Waals surface area contributed by atoms with Crippen molar-refractivity contribution < 1.29 is 0 Å². The number of nitrogens with two attached hydrogens (primary N) is 4. The fourth-order valence-electron chi connectivity index (χ4n) is 1.79. The summed E-state index contributed by atoms with van der Waals surface area (Å²) in [6.07, 6.45) is 8.07. The van der Waals surface area contributed by atoms with Crippen LogP contribution in [-0.4, -0.2) is 54.9 Å². The third-order valence-corrected chi connectivity index (χ3v) is 3.14. The average Bonchev–Trinajstić information content (AvgIpc) is 2.47. The van der Waals surface area contributed by atoms with E-state index in [1.165, 1.54) is 0 Å². The Kier molecular flexibility index (Phi) is 10.5. The molecular formula is C15H31N9. The Balaban J connectivity index is 3.83. The van der Waals surface area contributed by atoms with Gasteiger partial charge in [0.2, 0.25) is 5.96 Å². The summed E-state index contributed by atoms with van der Waals surface area (Å²) in [5.74, 6) is 0.550. The van der Waals surface area contributed by atoms with Crippen LogP contribution in [0.5, 0.6) is 0 Å². The van der Waals surface area contributed by atoms with Gasteiger partial charge in [0.25, 0.3) is 0 Å². The van der Waals surface area contributed by atoms with Crippen molar-refractivity contribution in [2.75, 3.05) is 27.2 Å². The highest BCUT2D eigenvalue weighted by molar-refractivity contribution is 5.91. The SMILES string of the molecule is C=C(N)N=C(N)N(C)CCC/C=C\CCCN(C)C(=N)N=C(N)N. The minimum absolute atomic E-state index is 0.0708. The molecule has 0 radical (unpaired) electrons. The molecular weight excluding hydrogens is 306 g/mol. The monoisotopic (exact) mass is 337 g/mol. The lowest BCUT2D eigenvalue weighted by atomic mass is 10.2. The van der Waals surface area contributed by atoms with Crippen LogP contribution in [0.3, 0.4) is 0 Å². The lowest BCUT2D eigenvalue weighted by Crippen LogP contribution is -2.35. The van der Waals surface area contributed by atoms with Crippen molar-refractivity contribution in [3.8, 4) is 0 Å². The Morgan fingerprint density at radius 3 is 1.92 bits per heavy atom. The second kappa shape index (κ2) is 11.8. The molecule has 0 rings (SSSR count). The number of nitrogens with one attached hydrogen (secondary N) is 1. The summed E-state index contributed by atoms with van der Waals surface area (Å²) in [7, 11) is 3.66. The molecule has 0 aromatic heterocycles. The zero-order chi connectivity index (χ0) is 18.5. The number of rotatable bonds is 9. The largest absolute Gasteiger partial charge is 0.384 e. The minimum Gasteiger partial charge on any atom is -0.384 e. The maximum absolute atomic E-state index is 7.64. The molecule has 0 fully saturated rings. The third-order valence-electron chi connectivity index (χ3n) is 3.14. The first-order valence-electron chi connectivity index (χ1n) is 7.78. The predicted molar refractivity (Wildman–Crippen MR) is 101 cm³/mol. The number of hydrogen-bond donors (Lipinski definition) is 5. The van der Waals surface area contributed by atoms with Crippen LogP contribution in [0.25, 0.3) is 0 Å². The molecule has 0 aliphatic rings. The standard InChI is InChI=1S/C15H31N9/c1-12(16)21-14(19)23(2)10-8-6-4-5-7-9-11-24(3)15(20)22-13(17)18/h4-5H,1,6-11,16H2,2-3H3,(H2,19,21)(H5,17,18,20,22)/b5-4-. The maximum atomic E-state index is 7.64. The molecule has 0 spiro atoms. The number of unbranched alkanes of at least 4 members (excludes halogenated alkanes) is 2. The second-order valence-corrected chi connectivity index (χ2v) is 5.42. The molecule has 0 heterocycles. The van der Waals surface area contributed by atoms with Gasteiger partial charge in [-0.3, -0.25) is 5.41 Å². The molecule has 0 aromatic rings. The molecule has 0 aliphatic heterocycles. The maximum Gasteiger partial charge on any atom is 0.220 e. The molecule has 0 saturated carbocycles. The van der Waals surface area contributed by atoms with Gasteiger partial charge < -0.3 is 32.7 Å². The smallest absolute Gasteiger partial charge is 0.220 e. The summed E-state index contributed by atoms with van der Waals surface area (Å²) in [6.45, 7) is 5.01. The van der Waals surface area contributed by atoms with Crippen molar-refractivity contribution in [1.29, 1.82) is 5.41 Å². The van der Waals surface area contributed by atoms with E-state index in [4.69, 9.17) is 28.3 Å². The fraction of sp³-hybridized carbons (Fsp3) is 0.533. The zero-order valence-corrected chi connectivity index (χ0v) is 14.7. The van der Waals surface area contributed by atoms with Gasteiger partial charge >= 0.3 is 0 Å². The van der Waals surface area contributed by atoms with Crippen molar-refractivity contribution in [2.24, 2.45) is 32.9 Å². The number of hydrogen-bond acceptors (Lipinski definition) is 3. The van der Waals surface area contributed by atoms with E-state index >= 15 is 0 Å². The Bertz CT molecular complexity index is 489. The van der Waals surface area contributed by atoms with Gasteiger partial charge in [-0.15, -0.1) is 0 Å². The van der Waals surface area contributed by atoms with Crippen molar-refractivity contribution in [1.82, 2.24) is 9.80 Å². The molecule has 24 heavy (non-hydrogen) atoms. The first kappa shape index (κ1) is 21.3. The summed E-state index contributed by atoms with van der Waals surface area (Å²) < 4.78 is 0. The minimum atomic E-state index is -0.0989. The van der Waals surface area contributed by atoms with Gasteiger partial charge in [0, 0.05) is 27.2 Å². The van der Waals surface area contributed by atoms with Gasteiger partial charge in [-0.05, 0) is 25.7 Å². The van der Waals surface area contributed by atoms with Crippen molar-refractivity contribution >= 4 is 17.9 Å². The average molecular weight is 337 g/mol. The summed E-state index contributed by atoms with van der Waals surface area (Å²) in [6, 6.07) is 0. The van der Waals surface area contributed by atoms with E-state index in [1.54, 1.807) is 11.9 Å². The van der Waals surface area contributed by atoms with Crippen molar-refractivity contribution in [2.45, 2.75) is 25.7 Å². The third kappa shape index (κ3) is 10.9. The molecule has 0 unspecified atom stereocenters. The van der Waals surface area contributed by atoms with Gasteiger partial charge in [-0.1, -0.05) is 18.7 Å². The number of guanidine groups is 3. The molecule has 9 nitrogen and oxygen atoms in total. The Morgan fingerprint density at radius 1 is 0.958 bits per heavy atom. The summed E-state index contributed by atoms with van der Waals surface area (Å²) >= 11 is 0. The highest BCUT2D eigenvalue weighted by atomic mass is 15.2. The first-order valence-corrected chi connectivity index (χ1v) is 7.78. The van der Waals surface area contributed by atoms with E-state index in [2.05, 4.69) is 28.7 Å². The van der Waals surface area contributed by atoms with Gasteiger partial charge in [0.05, 0.1) is 0 Å². The highest BCUT2D eigenvalue weighted by Gasteiger charge is 2.02. The number of allylic oxidation sites excluding steroid dienone is 2. The molecule has 0 atom stereocenters. The van der Waals surface area contributed by atoms with Crippen LogP contribution in [0.2, 0.25) is 0 Å². The van der Waals surface area contributed by atoms with Crippen LogP contribution in [0.4, 0.5) is 0 Å². The lowest BCUT2D eigenvalue weighted by molar-refractivity contribution is 0.480. The Labute approximate surface area is 144 Å². The van der Waals surface area contributed by atoms with Crippen molar-refractivity contribution in [3.63, 3.8) is 0 Å². The lowest BCUT2D eigenvalue weighted by Gasteiger charge is -2.17. The molecule has 0 aromatic carbocycles. The molecule has 0 aliphatic carbocycles. The number of nitrogens with zero attached hydrogens (tertiary/aromatic N) is 4. The van der Waals surface area contributed by atoms with Gasteiger partial charge in [-0.25, -0.2) is 0 Å². The Hall–Kier alpha value is -2.71. The van der Waals surface area contributed by atoms with E-state index in [0.717, 1.165) is 38.8 Å². The zero-order valence-electron chi connectivity index (χ0n) is 14.7. The quantitative estimate of drug-likeness (QED) is 0.171. The Morgan fingerprint density at radius 2 is 1.46 bits per heavy atom. The summed E-state index contributed by atoms with van der Waals surface area (Å²) in [5.41, 5.74) is 21.6. The van der Waals surface area contributed by atoms with Gasteiger partial charge in [0.15, 0.2) is 11.9 Å². The van der Waals surface area contributed by atoms with E-state index in [1.807, 2.05) is 11.9 Å². The molecule has 9 N–H and O–H groups in total. The topological polar surface area (TPSA) is 159 Å². The van der Waals surface area contributed by atoms with Gasteiger partial charge in [0.1, 0.15) is 5.82 Å². The summed E-state index contributed by atoms with van der Waals surface area (Å²) in [5, 5.41) is 7.64. The van der Waals surface area contributed by atoms with E-state index < -0.39 is 0 Å². The van der Waals surface area contributed by atoms with Gasteiger partial charge in [-0.2, -0.15) is 9.98 Å². The molecule has 0 saturated heterocycles. The normalized spacial score (nSPS) is 11.3. The van der Waals surface area contributed by atoms with E-state index in [9.17, 15) is 0 Å². The second-order valence-electron chi connectivity index (χ2n) is 5.42. The van der Waals surface area contributed by atoms with Crippen LogP contribution in [0, 0.1) is 5.41 Å². The first-order chi connectivity index (χ1) is 11.2. The van der Waals surface area contributed by atoms with E-state index in [0.29, 0.717) is 5.96 Å².